The summed E-state index contributed by atoms with van der Waals surface area (Å²) < 4.78 is 81.1. The molecule has 0 aromatic carbocycles. The van der Waals surface area contributed by atoms with Crippen LogP contribution in [-0.2, 0) is 77.0 Å². The van der Waals surface area contributed by atoms with Crippen LogP contribution in [-0.4, -0.2) is 193 Å². The molecule has 2 bridgehead atoms. The summed E-state index contributed by atoms with van der Waals surface area (Å²) in [6.07, 6.45) is 4.08. The number of fused-ring (bicyclic) bond motifs is 3. The van der Waals surface area contributed by atoms with Crippen molar-refractivity contribution < 1.29 is 99.8 Å². The second-order valence-electron chi connectivity index (χ2n) is 25.6. The van der Waals surface area contributed by atoms with Crippen molar-refractivity contribution in [1.29, 1.82) is 0 Å². The summed E-state index contributed by atoms with van der Waals surface area (Å²) in [7, 11) is -1.08. The lowest BCUT2D eigenvalue weighted by Crippen LogP contribution is -2.75. The van der Waals surface area contributed by atoms with Crippen LogP contribution in [0.1, 0.15) is 158 Å². The highest BCUT2D eigenvalue weighted by Gasteiger charge is 2.61. The average molecular weight is 1310 g/mol. The first-order valence-corrected chi connectivity index (χ1v) is 33.4. The summed E-state index contributed by atoms with van der Waals surface area (Å²) in [6.45, 7) is 13.6. The van der Waals surface area contributed by atoms with Crippen molar-refractivity contribution in [2.24, 2.45) is 41.2 Å². The number of hydrogen-bond acceptors (Lipinski definition) is 19. The molecule has 514 valence electrons. The zero-order chi connectivity index (χ0) is 67.7. The van der Waals surface area contributed by atoms with Gasteiger partial charge in [0.2, 0.25) is 11.7 Å². The van der Waals surface area contributed by atoms with Crippen molar-refractivity contribution in [1.82, 2.24) is 20.3 Å². The number of nitrogens with two attached hydrogens (primary N) is 1. The quantitative estimate of drug-likeness (QED) is 0.0416. The Balaban J connectivity index is 1.67. The molecule has 0 aromatic rings. The number of aliphatic hydroxyl groups excluding tert-OH is 2. The number of cyclic esters (lactones) is 1. The Labute approximate surface area is 535 Å². The fraction of sp³-hybridized carbons (Fsp3) is 0.750. The second-order valence-corrected chi connectivity index (χ2v) is 26.8. The molecule has 1 aliphatic carbocycles. The molecular weight excluding hydrogens is 1210 g/mol. The molecule has 27 heteroatoms. The predicted octanol–water partition coefficient (Wildman–Crippen LogP) is 4.88. The van der Waals surface area contributed by atoms with Gasteiger partial charge in [0.1, 0.15) is 30.1 Å². The molecule has 4 heterocycles. The van der Waals surface area contributed by atoms with Crippen LogP contribution in [0.15, 0.2) is 47.6 Å². The molecule has 4 fully saturated rings. The van der Waals surface area contributed by atoms with Gasteiger partial charge in [-0.05, 0) is 120 Å². The number of methoxy groups -OCH3 is 3. The SMILES string of the molecule is CCCCC(=O)NC1C(NC(N)=O)[C@H](NS(=O)(=O)O)[C@@H](O[C@@]23O[C@@H](CC[C@H]2C)C[C@H](OC)/C(C)=C/C=C/C=C/[C@@H](C)C[C@@H](C)C(=O)[C@H](OC)[C@H](O)/C(C)=C/[C@@H](C)C(=O)CC([C@H](C)CC[C@@H]2CC[C@@H](O)[C@H](OC)C2)OC(=O)[C@@H]2CCCCN2C(=O)C3=O)O[C@@H]1C(=O)O. The van der Waals surface area contributed by atoms with Crippen molar-refractivity contribution in [2.45, 2.75) is 243 Å². The number of nitrogens with zero attached hydrogens (tertiary/aromatic N) is 1. The Kier molecular flexibility index (Phi) is 29.6. The minimum Gasteiger partial charge on any atom is -0.479 e. The van der Waals surface area contributed by atoms with Crippen molar-refractivity contribution >= 4 is 57.4 Å². The second kappa shape index (κ2) is 35.3. The van der Waals surface area contributed by atoms with Crippen LogP contribution in [0.2, 0.25) is 0 Å². The van der Waals surface area contributed by atoms with E-state index in [0.29, 0.717) is 75.4 Å². The Morgan fingerprint density at radius 2 is 1.58 bits per heavy atom. The summed E-state index contributed by atoms with van der Waals surface area (Å²) in [4.78, 5) is 115. The molecule has 5 aliphatic rings. The summed E-state index contributed by atoms with van der Waals surface area (Å²) in [6, 6.07) is -8.66. The number of nitrogens with one attached hydrogen (secondary N) is 3. The third-order valence-corrected chi connectivity index (χ3v) is 19.2. The molecule has 0 aromatic heterocycles. The minimum atomic E-state index is -5.40. The molecule has 0 spiro atoms. The molecule has 0 radical (unpaired) electrons. The number of allylic oxidation sites excluding steroid dienone is 6. The van der Waals surface area contributed by atoms with E-state index in [9.17, 15) is 52.3 Å². The molecule has 4 aliphatic heterocycles. The Morgan fingerprint density at radius 3 is 2.22 bits per heavy atom. The van der Waals surface area contributed by atoms with Gasteiger partial charge in [0.25, 0.3) is 11.7 Å². The maximum absolute atomic E-state index is 15.9. The summed E-state index contributed by atoms with van der Waals surface area (Å²) in [5.74, 6) is -12.8. The number of aliphatic carboxylic acids is 1. The van der Waals surface area contributed by atoms with Crippen LogP contribution in [0.5, 0.6) is 0 Å². The number of Topliss-reactive ketones (excluding diaryl/α,β-unsaturated/α-hetero) is 3. The van der Waals surface area contributed by atoms with E-state index in [2.05, 4.69) is 10.6 Å². The molecule has 5 rings (SSSR count). The molecule has 3 unspecified atom stereocenters. The Hall–Kier alpha value is -5.33. The number of carboxylic acid groups (broad SMARTS) is 1. The maximum atomic E-state index is 15.9. The minimum absolute atomic E-state index is 0.00406. The first-order valence-electron chi connectivity index (χ1n) is 32.0. The van der Waals surface area contributed by atoms with Gasteiger partial charge in [0.05, 0.1) is 42.5 Å². The number of rotatable bonds is 17. The van der Waals surface area contributed by atoms with E-state index in [1.54, 1.807) is 58.9 Å². The fourth-order valence-corrected chi connectivity index (χ4v) is 13.7. The lowest BCUT2D eigenvalue weighted by Gasteiger charge is -2.50. The van der Waals surface area contributed by atoms with Gasteiger partial charge in [0.15, 0.2) is 18.2 Å². The van der Waals surface area contributed by atoms with E-state index >= 15 is 14.4 Å². The van der Waals surface area contributed by atoms with Crippen molar-refractivity contribution in [3.8, 4) is 0 Å². The standard InChI is InChI=1S/C64H101N5O21S/c1-12-13-22-50(72)66-52-51(67-63(65)80)53(68-91(81,82)83)62(88-56(52)60(77)78)90-64-41(8)24-27-43(89-64)33-47(84-9)36(3)20-16-14-15-19-35(2)30-39(6)54(73)57(86-11)55(74)40(7)31-38(5)46(71)34-48(37(4)23-25-42-26-28-45(70)49(32-42)85-10)87-61(79)44-21-17-18-29-69(44)59(76)58(64)75/h14-16,19-20,31,35,37-39,41-45,47-49,51-53,55-57,62,68,70,74H,12-13,17-18,21-30,32-34H2,1-11H3,(H,66,72)(H,77,78)(H3,65,67,80)(H,81,82,83)/b16-14+,19-15+,36-20+,40-31+/t35-,37-,38-,39-,41-,42-,43+,44+,45-,47+,48?,49-,51?,52?,53+,55-,56+,57+,62-,64+/m1/s1. The number of piperidine rings is 1. The predicted molar refractivity (Wildman–Crippen MR) is 331 cm³/mol. The Bertz CT molecular complexity index is 2760. The lowest BCUT2D eigenvalue weighted by molar-refractivity contribution is -0.352. The lowest BCUT2D eigenvalue weighted by atomic mass is 9.80. The fourth-order valence-electron chi connectivity index (χ4n) is 13.1. The highest BCUT2D eigenvalue weighted by Crippen LogP contribution is 2.42. The number of esters is 1. The number of carboxylic acids is 1. The zero-order valence-corrected chi connectivity index (χ0v) is 55.4. The van der Waals surface area contributed by atoms with Gasteiger partial charge >= 0.3 is 28.3 Å². The number of carbonyl (C=O) groups is 8. The molecule has 91 heavy (non-hydrogen) atoms. The molecule has 3 saturated heterocycles. The van der Waals surface area contributed by atoms with E-state index in [4.69, 9.17) is 38.9 Å². The van der Waals surface area contributed by atoms with E-state index < -0.39 is 149 Å². The number of carbonyl (C=O) groups excluding carboxylic acids is 7. The first-order chi connectivity index (χ1) is 42.9. The van der Waals surface area contributed by atoms with Crippen molar-refractivity contribution in [2.75, 3.05) is 27.9 Å². The van der Waals surface area contributed by atoms with Crippen LogP contribution in [0.4, 0.5) is 4.79 Å². The van der Waals surface area contributed by atoms with Gasteiger partial charge in [-0.2, -0.15) is 13.1 Å². The molecule has 1 saturated carbocycles. The summed E-state index contributed by atoms with van der Waals surface area (Å²) >= 11 is 0. The molecule has 9 N–H and O–H groups in total. The number of primary amides is 1. The van der Waals surface area contributed by atoms with Gasteiger partial charge in [-0.25, -0.2) is 14.4 Å². The number of ketones is 3. The normalized spacial score (nSPS) is 37.3. The average Bonchev–Trinajstić information content (AvgIpc) is 0.756. The van der Waals surface area contributed by atoms with Gasteiger partial charge in [-0.3, -0.25) is 28.5 Å². The molecule has 26 nitrogen and oxygen atoms in total. The highest BCUT2D eigenvalue weighted by molar-refractivity contribution is 7.83. The number of unbranched alkanes of at least 4 members (excludes halogenated alkanes) is 1. The topological polar surface area (TPSA) is 382 Å². The number of urea groups is 1. The highest BCUT2D eigenvalue weighted by atomic mass is 32.2. The summed E-state index contributed by atoms with van der Waals surface area (Å²) in [5, 5.41) is 37.7. The van der Waals surface area contributed by atoms with E-state index in [1.807, 2.05) is 30.7 Å². The monoisotopic (exact) mass is 1310 g/mol. The molecular formula is C64H101N5O21S. The number of ether oxygens (including phenoxy) is 7. The number of aliphatic hydroxyl groups is 2. The molecule has 20 atom stereocenters. The first kappa shape index (κ1) is 76.4. The number of amides is 4. The van der Waals surface area contributed by atoms with E-state index in [-0.39, 0.29) is 74.6 Å². The van der Waals surface area contributed by atoms with Gasteiger partial charge in [0, 0.05) is 64.9 Å². The van der Waals surface area contributed by atoms with Crippen LogP contribution < -0.4 is 21.1 Å². The van der Waals surface area contributed by atoms with Crippen LogP contribution >= 0.6 is 0 Å². The maximum Gasteiger partial charge on any atom is 0.335 e. The summed E-state index contributed by atoms with van der Waals surface area (Å²) in [5.41, 5.74) is 6.58. The molecule has 4 amide bonds. The third kappa shape index (κ3) is 21.1. The third-order valence-electron chi connectivity index (χ3n) is 18.7. The smallest absolute Gasteiger partial charge is 0.335 e. The van der Waals surface area contributed by atoms with Crippen molar-refractivity contribution in [3.63, 3.8) is 0 Å². The largest absolute Gasteiger partial charge is 0.479 e. The number of hydrogen-bond donors (Lipinski definition) is 8. The van der Waals surface area contributed by atoms with E-state index in [0.717, 1.165) is 4.90 Å². The zero-order valence-electron chi connectivity index (χ0n) is 54.6. The van der Waals surface area contributed by atoms with Gasteiger partial charge in [-0.15, -0.1) is 0 Å². The van der Waals surface area contributed by atoms with Gasteiger partial charge in [-0.1, -0.05) is 84.4 Å². The van der Waals surface area contributed by atoms with Gasteiger partial charge < -0.3 is 69.7 Å². The van der Waals surface area contributed by atoms with Crippen LogP contribution in [0, 0.1) is 35.5 Å². The van der Waals surface area contributed by atoms with Crippen LogP contribution in [0.3, 0.4) is 0 Å². The van der Waals surface area contributed by atoms with E-state index in [1.165, 1.54) is 28.3 Å². The Morgan fingerprint density at radius 1 is 0.868 bits per heavy atom. The van der Waals surface area contributed by atoms with Crippen molar-refractivity contribution in [3.05, 3.63) is 47.6 Å². The van der Waals surface area contributed by atoms with Crippen LogP contribution in [0.25, 0.3) is 0 Å².